The van der Waals surface area contributed by atoms with Gasteiger partial charge in [0, 0.05) is 86.9 Å². The smallest absolute Gasteiger partial charge is 0.379 e. The van der Waals surface area contributed by atoms with Crippen molar-refractivity contribution in [1.82, 2.24) is 14.8 Å². The van der Waals surface area contributed by atoms with Crippen LogP contribution in [0.4, 0.5) is 33.3 Å². The van der Waals surface area contributed by atoms with E-state index in [9.17, 15) is 22.8 Å². The molecular formula is C41H44F5N5O3. The molecule has 0 atom stereocenters. The molecule has 8 nitrogen and oxygen atoms in total. The number of carbonyl (C=O) groups is 2. The van der Waals surface area contributed by atoms with Gasteiger partial charge in [-0.1, -0.05) is 24.3 Å². The molecule has 2 aliphatic rings. The van der Waals surface area contributed by atoms with Gasteiger partial charge in [0.25, 0.3) is 17.7 Å². The van der Waals surface area contributed by atoms with Crippen molar-refractivity contribution in [3.8, 4) is 11.3 Å². The molecule has 0 unspecified atom stereocenters. The maximum atomic E-state index is 15.7. The van der Waals surface area contributed by atoms with Crippen molar-refractivity contribution in [2.24, 2.45) is 0 Å². The fraction of sp³-hybridized carbons (Fsp3) is 0.390. The molecule has 2 fully saturated rings. The Hall–Kier alpha value is -4.88. The van der Waals surface area contributed by atoms with Crippen LogP contribution in [0.5, 0.6) is 0 Å². The standard InChI is InChI=1S/C41H44F5N5O3/c1-49(19-20-50-21-23-54-24-22-50)39(53)31-9-6-8-30(26-31)38(52)48-36-12-11-34(51-17-3-2-4-18-51)28-35(36)37-27-32(14-16-47-37)40(42,43)15-13-29-7-5-10-33(25-29)41(44,45)46/h5-12,14,16,25-28H,2-4,13,15,17-24H2,1H3,(H,48,52). The number of hydrogen-bond donors (Lipinski definition) is 1. The Balaban J connectivity index is 1.22. The fourth-order valence-electron chi connectivity index (χ4n) is 6.78. The lowest BCUT2D eigenvalue weighted by atomic mass is 9.97. The lowest BCUT2D eigenvalue weighted by molar-refractivity contribution is -0.137. The van der Waals surface area contributed by atoms with Crippen LogP contribution in [-0.2, 0) is 23.3 Å². The van der Waals surface area contributed by atoms with E-state index in [1.807, 2.05) is 12.1 Å². The molecule has 2 saturated heterocycles. The van der Waals surface area contributed by atoms with Crippen LogP contribution in [0.1, 0.15) is 63.1 Å². The van der Waals surface area contributed by atoms with Gasteiger partial charge in [-0.15, -0.1) is 0 Å². The predicted molar refractivity (Wildman–Crippen MR) is 198 cm³/mol. The van der Waals surface area contributed by atoms with Crippen molar-refractivity contribution < 1.29 is 36.3 Å². The summed E-state index contributed by atoms with van der Waals surface area (Å²) >= 11 is 0. The second-order valence-corrected chi connectivity index (χ2v) is 13.8. The summed E-state index contributed by atoms with van der Waals surface area (Å²) < 4.78 is 76.5. The third-order valence-corrected chi connectivity index (χ3v) is 9.99. The Morgan fingerprint density at radius 2 is 1.57 bits per heavy atom. The first-order valence-electron chi connectivity index (χ1n) is 18.2. The van der Waals surface area contributed by atoms with E-state index in [2.05, 4.69) is 20.1 Å². The molecule has 1 N–H and O–H groups in total. The average molecular weight is 750 g/mol. The summed E-state index contributed by atoms with van der Waals surface area (Å²) in [6.07, 6.45) is -1.16. The minimum Gasteiger partial charge on any atom is -0.379 e. The highest BCUT2D eigenvalue weighted by atomic mass is 19.4. The lowest BCUT2D eigenvalue weighted by Crippen LogP contribution is -2.41. The van der Waals surface area contributed by atoms with Gasteiger partial charge in [-0.3, -0.25) is 19.5 Å². The van der Waals surface area contributed by atoms with E-state index in [0.717, 1.165) is 63.3 Å². The number of morpholine rings is 1. The molecular weight excluding hydrogens is 705 g/mol. The molecule has 0 aliphatic carbocycles. The van der Waals surface area contributed by atoms with Crippen LogP contribution in [0.2, 0.25) is 0 Å². The molecule has 2 aliphatic heterocycles. The first kappa shape index (κ1) is 38.8. The number of amides is 2. The highest BCUT2D eigenvalue weighted by Gasteiger charge is 2.33. The molecule has 0 radical (unpaired) electrons. The number of ether oxygens (including phenoxy) is 1. The van der Waals surface area contributed by atoms with Crippen molar-refractivity contribution in [2.75, 3.05) is 69.7 Å². The number of alkyl halides is 5. The molecule has 0 bridgehead atoms. The van der Waals surface area contributed by atoms with Crippen molar-refractivity contribution in [3.05, 3.63) is 113 Å². The Kier molecular flexibility index (Phi) is 12.3. The number of aryl methyl sites for hydroxylation is 1. The number of carbonyl (C=O) groups excluding carboxylic acids is 2. The minimum atomic E-state index is -4.57. The van der Waals surface area contributed by atoms with Crippen LogP contribution in [0.15, 0.2) is 85.1 Å². The summed E-state index contributed by atoms with van der Waals surface area (Å²) in [6, 6.07) is 18.8. The van der Waals surface area contributed by atoms with Gasteiger partial charge < -0.3 is 19.9 Å². The van der Waals surface area contributed by atoms with Crippen molar-refractivity contribution in [1.29, 1.82) is 0 Å². The van der Waals surface area contributed by atoms with Gasteiger partial charge >= 0.3 is 6.18 Å². The second-order valence-electron chi connectivity index (χ2n) is 13.8. The quantitative estimate of drug-likeness (QED) is 0.148. The van der Waals surface area contributed by atoms with Gasteiger partial charge in [-0.05, 0) is 85.8 Å². The van der Waals surface area contributed by atoms with Gasteiger partial charge in [0.1, 0.15) is 0 Å². The van der Waals surface area contributed by atoms with Crippen molar-refractivity contribution in [2.45, 2.75) is 44.2 Å². The number of rotatable bonds is 12. The van der Waals surface area contributed by atoms with Gasteiger partial charge in [0.2, 0.25) is 0 Å². The van der Waals surface area contributed by atoms with E-state index < -0.39 is 30.0 Å². The van der Waals surface area contributed by atoms with Crippen molar-refractivity contribution >= 4 is 23.2 Å². The summed E-state index contributed by atoms with van der Waals surface area (Å²) in [6.45, 7) is 5.82. The normalized spacial score (nSPS) is 15.6. The summed E-state index contributed by atoms with van der Waals surface area (Å²) in [7, 11) is 1.72. The van der Waals surface area contributed by atoms with Gasteiger partial charge in [-0.2, -0.15) is 13.2 Å². The summed E-state index contributed by atoms with van der Waals surface area (Å²) in [5, 5.41) is 2.92. The molecule has 3 aromatic carbocycles. The molecule has 286 valence electrons. The Morgan fingerprint density at radius 3 is 2.33 bits per heavy atom. The van der Waals surface area contributed by atoms with Crippen molar-refractivity contribution in [3.63, 3.8) is 0 Å². The molecule has 1 aromatic heterocycles. The lowest BCUT2D eigenvalue weighted by Gasteiger charge is -2.29. The van der Waals surface area contributed by atoms with Gasteiger partial charge in [0.15, 0.2) is 0 Å². The number of piperidine rings is 1. The summed E-state index contributed by atoms with van der Waals surface area (Å²) in [4.78, 5) is 37.5. The highest BCUT2D eigenvalue weighted by Crippen LogP contribution is 2.38. The SMILES string of the molecule is CN(CCN1CCOCC1)C(=O)c1cccc(C(=O)Nc2ccc(N3CCCCC3)cc2-c2cc(C(F)(F)CCc3cccc(C(F)(F)F)c3)ccn2)c1. The maximum absolute atomic E-state index is 15.7. The molecule has 3 heterocycles. The number of halogens is 5. The van der Waals surface area contributed by atoms with Crippen LogP contribution < -0.4 is 10.2 Å². The predicted octanol–water partition coefficient (Wildman–Crippen LogP) is 8.14. The number of aromatic nitrogens is 1. The van der Waals surface area contributed by atoms with Crippen LogP contribution in [-0.4, -0.2) is 86.1 Å². The van der Waals surface area contributed by atoms with Crippen LogP contribution in [0, 0.1) is 0 Å². The van der Waals surface area contributed by atoms with E-state index >= 15 is 8.78 Å². The minimum absolute atomic E-state index is 0.156. The number of nitrogens with one attached hydrogen (secondary N) is 1. The molecule has 0 spiro atoms. The number of pyridine rings is 1. The van der Waals surface area contributed by atoms with E-state index in [4.69, 9.17) is 4.74 Å². The molecule has 6 rings (SSSR count). The maximum Gasteiger partial charge on any atom is 0.416 e. The Labute approximate surface area is 311 Å². The zero-order valence-corrected chi connectivity index (χ0v) is 30.2. The van der Waals surface area contributed by atoms with E-state index in [1.54, 1.807) is 36.2 Å². The van der Waals surface area contributed by atoms with Crippen LogP contribution in [0.25, 0.3) is 11.3 Å². The molecule has 4 aromatic rings. The van der Waals surface area contributed by atoms with E-state index in [0.29, 0.717) is 43.1 Å². The third kappa shape index (κ3) is 9.80. The number of hydrogen-bond acceptors (Lipinski definition) is 6. The number of likely N-dealkylation sites (N-methyl/N-ethyl adjacent to an activating group) is 1. The molecule has 54 heavy (non-hydrogen) atoms. The highest BCUT2D eigenvalue weighted by molar-refractivity contribution is 6.08. The van der Waals surface area contributed by atoms with Gasteiger partial charge in [0.05, 0.1) is 30.2 Å². The topological polar surface area (TPSA) is 78.0 Å². The van der Waals surface area contributed by atoms with Crippen LogP contribution in [0.3, 0.4) is 0 Å². The number of anilines is 2. The zero-order valence-electron chi connectivity index (χ0n) is 30.2. The molecule has 13 heteroatoms. The first-order valence-corrected chi connectivity index (χ1v) is 18.2. The van der Waals surface area contributed by atoms with Crippen LogP contribution >= 0.6 is 0 Å². The zero-order chi connectivity index (χ0) is 38.3. The van der Waals surface area contributed by atoms with Gasteiger partial charge in [-0.25, -0.2) is 8.78 Å². The Morgan fingerprint density at radius 1 is 0.833 bits per heavy atom. The largest absolute Gasteiger partial charge is 0.416 e. The molecule has 0 saturated carbocycles. The first-order chi connectivity index (χ1) is 25.9. The fourth-order valence-corrected chi connectivity index (χ4v) is 6.78. The average Bonchev–Trinajstić information content (AvgIpc) is 3.19. The molecule has 2 amide bonds. The van der Waals surface area contributed by atoms with E-state index in [-0.39, 0.29) is 34.7 Å². The monoisotopic (exact) mass is 749 g/mol. The second kappa shape index (κ2) is 17.1. The number of benzene rings is 3. The number of nitrogens with zero attached hydrogens (tertiary/aromatic N) is 4. The summed E-state index contributed by atoms with van der Waals surface area (Å²) in [5.74, 6) is -4.10. The summed E-state index contributed by atoms with van der Waals surface area (Å²) in [5.41, 5.74) is 1.36. The Bertz CT molecular complexity index is 1930. The van der Waals surface area contributed by atoms with E-state index in [1.165, 1.54) is 36.5 Å². The third-order valence-electron chi connectivity index (χ3n) is 9.99.